The van der Waals surface area contributed by atoms with Crippen LogP contribution in [0.1, 0.15) is 33.6 Å². The van der Waals surface area contributed by atoms with Gasteiger partial charge in [0, 0.05) is 13.6 Å². The molecule has 136 valence electrons. The van der Waals surface area contributed by atoms with Crippen LogP contribution in [0.5, 0.6) is 5.75 Å². The average Bonchev–Trinajstić information content (AvgIpc) is 2.51. The van der Waals surface area contributed by atoms with Crippen LogP contribution in [0, 0.1) is 5.92 Å². The standard InChI is InChI=1S/C17H28N2O4S/c1-6-16(17(20)18-12-11-13(2)3)23-15-9-7-14(8-10-15)19(4)24(5,21)22/h7-10,13,16H,6,11-12H2,1-5H3,(H,18,20)/t16-/m1/s1. The van der Waals surface area contributed by atoms with Crippen molar-refractivity contribution >= 4 is 21.6 Å². The van der Waals surface area contributed by atoms with Crippen molar-refractivity contribution in [1.82, 2.24) is 5.32 Å². The van der Waals surface area contributed by atoms with Crippen LogP contribution in [0.3, 0.4) is 0 Å². The van der Waals surface area contributed by atoms with Gasteiger partial charge in [-0.2, -0.15) is 0 Å². The molecule has 0 aromatic heterocycles. The van der Waals surface area contributed by atoms with Crippen LogP contribution in [0.4, 0.5) is 5.69 Å². The zero-order valence-corrected chi connectivity index (χ0v) is 15.9. The van der Waals surface area contributed by atoms with Crippen LogP contribution in [0.2, 0.25) is 0 Å². The van der Waals surface area contributed by atoms with E-state index < -0.39 is 16.1 Å². The molecule has 1 atom stereocenters. The van der Waals surface area contributed by atoms with E-state index in [2.05, 4.69) is 19.2 Å². The molecule has 0 aliphatic carbocycles. The Balaban J connectivity index is 2.68. The zero-order chi connectivity index (χ0) is 18.3. The number of sulfonamides is 1. The molecule has 0 radical (unpaired) electrons. The highest BCUT2D eigenvalue weighted by molar-refractivity contribution is 7.92. The Morgan fingerprint density at radius 3 is 2.29 bits per heavy atom. The molecule has 0 aliphatic rings. The molecular formula is C17H28N2O4S. The molecule has 1 rings (SSSR count). The fraction of sp³-hybridized carbons (Fsp3) is 0.588. The van der Waals surface area contributed by atoms with Crippen molar-refractivity contribution in [2.24, 2.45) is 5.92 Å². The van der Waals surface area contributed by atoms with E-state index in [1.807, 2.05) is 6.92 Å². The van der Waals surface area contributed by atoms with Gasteiger partial charge < -0.3 is 10.1 Å². The second kappa shape index (κ2) is 8.92. The van der Waals surface area contributed by atoms with E-state index in [0.717, 1.165) is 12.7 Å². The summed E-state index contributed by atoms with van der Waals surface area (Å²) >= 11 is 0. The number of anilines is 1. The van der Waals surface area contributed by atoms with Gasteiger partial charge in [-0.3, -0.25) is 9.10 Å². The van der Waals surface area contributed by atoms with E-state index in [1.165, 1.54) is 11.4 Å². The van der Waals surface area contributed by atoms with E-state index in [4.69, 9.17) is 4.74 Å². The van der Waals surface area contributed by atoms with Gasteiger partial charge in [-0.25, -0.2) is 8.42 Å². The Hall–Kier alpha value is -1.76. The fourth-order valence-electron chi connectivity index (χ4n) is 2.01. The molecule has 1 aromatic carbocycles. The predicted octanol–water partition coefficient (Wildman–Crippen LogP) is 2.40. The van der Waals surface area contributed by atoms with Gasteiger partial charge in [-0.15, -0.1) is 0 Å². The maximum absolute atomic E-state index is 12.1. The highest BCUT2D eigenvalue weighted by Crippen LogP contribution is 2.21. The molecule has 1 N–H and O–H groups in total. The van der Waals surface area contributed by atoms with Gasteiger partial charge in [0.05, 0.1) is 11.9 Å². The summed E-state index contributed by atoms with van der Waals surface area (Å²) in [6, 6.07) is 6.64. The summed E-state index contributed by atoms with van der Waals surface area (Å²) in [6.07, 6.45) is 2.06. The van der Waals surface area contributed by atoms with E-state index >= 15 is 0 Å². The van der Waals surface area contributed by atoms with E-state index in [0.29, 0.717) is 30.3 Å². The lowest BCUT2D eigenvalue weighted by atomic mass is 10.1. The van der Waals surface area contributed by atoms with Crippen molar-refractivity contribution < 1.29 is 17.9 Å². The van der Waals surface area contributed by atoms with E-state index in [9.17, 15) is 13.2 Å². The van der Waals surface area contributed by atoms with Gasteiger partial charge in [0.15, 0.2) is 6.10 Å². The first-order valence-electron chi connectivity index (χ1n) is 8.13. The summed E-state index contributed by atoms with van der Waals surface area (Å²) in [7, 11) is -1.81. The second-order valence-electron chi connectivity index (χ2n) is 6.21. The normalized spacial score (nSPS) is 12.8. The lowest BCUT2D eigenvalue weighted by Gasteiger charge is -2.19. The van der Waals surface area contributed by atoms with Gasteiger partial charge in [-0.05, 0) is 43.0 Å². The Bertz CT molecular complexity index is 626. The maximum Gasteiger partial charge on any atom is 0.261 e. The van der Waals surface area contributed by atoms with Crippen molar-refractivity contribution in [1.29, 1.82) is 0 Å². The van der Waals surface area contributed by atoms with Gasteiger partial charge in [0.1, 0.15) is 5.75 Å². The fourth-order valence-corrected chi connectivity index (χ4v) is 2.52. The maximum atomic E-state index is 12.1. The first kappa shape index (κ1) is 20.3. The topological polar surface area (TPSA) is 75.7 Å². The Morgan fingerprint density at radius 1 is 1.25 bits per heavy atom. The number of rotatable bonds is 9. The number of amides is 1. The Kier molecular flexibility index (Phi) is 7.54. The van der Waals surface area contributed by atoms with Crippen molar-refractivity contribution in [2.75, 3.05) is 24.2 Å². The van der Waals surface area contributed by atoms with Crippen molar-refractivity contribution in [3.05, 3.63) is 24.3 Å². The minimum atomic E-state index is -3.30. The van der Waals surface area contributed by atoms with E-state index in [-0.39, 0.29) is 5.91 Å². The largest absolute Gasteiger partial charge is 0.481 e. The lowest BCUT2D eigenvalue weighted by Crippen LogP contribution is -2.38. The molecule has 1 amide bonds. The molecule has 1 aromatic rings. The van der Waals surface area contributed by atoms with Crippen molar-refractivity contribution in [2.45, 2.75) is 39.7 Å². The molecule has 0 saturated carbocycles. The first-order chi connectivity index (χ1) is 11.1. The molecule has 0 heterocycles. The number of hydrogen-bond donors (Lipinski definition) is 1. The van der Waals surface area contributed by atoms with Crippen molar-refractivity contribution in [3.63, 3.8) is 0 Å². The number of ether oxygens (including phenoxy) is 1. The van der Waals surface area contributed by atoms with Gasteiger partial charge >= 0.3 is 0 Å². The van der Waals surface area contributed by atoms with Crippen molar-refractivity contribution in [3.8, 4) is 5.75 Å². The molecular weight excluding hydrogens is 328 g/mol. The second-order valence-corrected chi connectivity index (χ2v) is 8.23. The van der Waals surface area contributed by atoms with Crippen LogP contribution in [0.25, 0.3) is 0 Å². The zero-order valence-electron chi connectivity index (χ0n) is 15.1. The minimum absolute atomic E-state index is 0.129. The third-order valence-electron chi connectivity index (χ3n) is 3.66. The molecule has 24 heavy (non-hydrogen) atoms. The number of carbonyl (C=O) groups excluding carboxylic acids is 1. The van der Waals surface area contributed by atoms with E-state index in [1.54, 1.807) is 24.3 Å². The highest BCUT2D eigenvalue weighted by atomic mass is 32.2. The Morgan fingerprint density at radius 2 is 1.83 bits per heavy atom. The third-order valence-corrected chi connectivity index (χ3v) is 4.87. The third kappa shape index (κ3) is 6.39. The number of benzene rings is 1. The van der Waals surface area contributed by atoms with Gasteiger partial charge in [0.25, 0.3) is 5.91 Å². The molecule has 0 saturated heterocycles. The average molecular weight is 356 g/mol. The number of hydrogen-bond acceptors (Lipinski definition) is 4. The number of nitrogens with one attached hydrogen (secondary N) is 1. The summed E-state index contributed by atoms with van der Waals surface area (Å²) in [5, 5.41) is 2.88. The number of nitrogens with zero attached hydrogens (tertiary/aromatic N) is 1. The van der Waals surface area contributed by atoms with Crippen LogP contribution < -0.4 is 14.4 Å². The predicted molar refractivity (Wildman–Crippen MR) is 96.9 cm³/mol. The molecule has 0 spiro atoms. The minimum Gasteiger partial charge on any atom is -0.481 e. The molecule has 0 bridgehead atoms. The SMILES string of the molecule is CC[C@@H](Oc1ccc(N(C)S(C)(=O)=O)cc1)C(=O)NCCC(C)C. The van der Waals surface area contributed by atoms with Crippen LogP contribution in [-0.2, 0) is 14.8 Å². The molecule has 6 nitrogen and oxygen atoms in total. The number of carbonyl (C=O) groups is 1. The van der Waals surface area contributed by atoms with Crippen LogP contribution in [0.15, 0.2) is 24.3 Å². The molecule has 0 fully saturated rings. The van der Waals surface area contributed by atoms with Crippen LogP contribution in [-0.4, -0.2) is 40.3 Å². The van der Waals surface area contributed by atoms with Gasteiger partial charge in [0.2, 0.25) is 10.0 Å². The smallest absolute Gasteiger partial charge is 0.261 e. The molecule has 7 heteroatoms. The highest BCUT2D eigenvalue weighted by Gasteiger charge is 2.18. The molecule has 0 aliphatic heterocycles. The van der Waals surface area contributed by atoms with Gasteiger partial charge in [-0.1, -0.05) is 20.8 Å². The Labute approximate surface area is 145 Å². The molecule has 0 unspecified atom stereocenters. The summed E-state index contributed by atoms with van der Waals surface area (Å²) in [4.78, 5) is 12.1. The summed E-state index contributed by atoms with van der Waals surface area (Å²) < 4.78 is 30.0. The van der Waals surface area contributed by atoms with Crippen LogP contribution >= 0.6 is 0 Å². The monoisotopic (exact) mass is 356 g/mol. The lowest BCUT2D eigenvalue weighted by molar-refractivity contribution is -0.128. The first-order valence-corrected chi connectivity index (χ1v) is 9.98. The summed E-state index contributed by atoms with van der Waals surface area (Å²) in [6.45, 7) is 6.73. The summed E-state index contributed by atoms with van der Waals surface area (Å²) in [5.41, 5.74) is 0.541. The quantitative estimate of drug-likeness (QED) is 0.737. The summed E-state index contributed by atoms with van der Waals surface area (Å²) in [5.74, 6) is 0.938.